The molecule has 1 saturated heterocycles. The molecule has 7 nitrogen and oxygen atoms in total. The summed E-state index contributed by atoms with van der Waals surface area (Å²) in [7, 11) is 0. The van der Waals surface area contributed by atoms with E-state index < -0.39 is 6.09 Å². The summed E-state index contributed by atoms with van der Waals surface area (Å²) in [4.78, 5) is 36.6. The van der Waals surface area contributed by atoms with Gasteiger partial charge in [-0.05, 0) is 68.0 Å². The molecular weight excluding hydrogens is 392 g/mol. The molecule has 152 valence electrons. The third kappa shape index (κ3) is 3.79. The van der Waals surface area contributed by atoms with Crippen LogP contribution in [0.5, 0.6) is 0 Å². The van der Waals surface area contributed by atoms with E-state index in [1.165, 1.54) is 4.90 Å². The topological polar surface area (TPSA) is 86.6 Å². The van der Waals surface area contributed by atoms with E-state index in [4.69, 9.17) is 11.6 Å². The third-order valence-electron chi connectivity index (χ3n) is 5.67. The maximum atomic E-state index is 13.1. The third-order valence-corrected chi connectivity index (χ3v) is 5.89. The smallest absolute Gasteiger partial charge is 0.407 e. The number of amides is 2. The van der Waals surface area contributed by atoms with Gasteiger partial charge in [-0.1, -0.05) is 11.6 Å². The minimum Gasteiger partial charge on any atom is -0.465 e. The van der Waals surface area contributed by atoms with Crippen molar-refractivity contribution in [3.8, 4) is 0 Å². The first-order valence-corrected chi connectivity index (χ1v) is 10.1. The van der Waals surface area contributed by atoms with Gasteiger partial charge in [0.25, 0.3) is 5.91 Å². The number of carbonyl (C=O) groups is 2. The number of aryl methyl sites for hydroxylation is 2. The lowest BCUT2D eigenvalue weighted by atomic mass is 9.90. The number of fused-ring (bicyclic) bond motifs is 1. The number of carbonyl (C=O) groups excluding carboxylic acids is 1. The first-order valence-electron chi connectivity index (χ1n) is 9.76. The van der Waals surface area contributed by atoms with Gasteiger partial charge in [0.2, 0.25) is 0 Å². The molecule has 2 aliphatic heterocycles. The molecule has 1 aromatic heterocycles. The van der Waals surface area contributed by atoms with Crippen LogP contribution in [0.15, 0.2) is 18.2 Å². The van der Waals surface area contributed by atoms with Crippen LogP contribution in [0, 0.1) is 13.8 Å². The lowest BCUT2D eigenvalue weighted by Crippen LogP contribution is -2.38. The normalized spacial score (nSPS) is 18.7. The van der Waals surface area contributed by atoms with Gasteiger partial charge in [-0.3, -0.25) is 4.79 Å². The maximum absolute atomic E-state index is 13.1. The number of hydrogen-bond donors (Lipinski definition) is 1. The van der Waals surface area contributed by atoms with E-state index >= 15 is 0 Å². The van der Waals surface area contributed by atoms with Crippen molar-refractivity contribution in [1.82, 2.24) is 19.8 Å². The Balaban J connectivity index is 1.68. The van der Waals surface area contributed by atoms with Crippen molar-refractivity contribution in [3.05, 3.63) is 57.1 Å². The molecule has 1 atom stereocenters. The molecular formula is C21H23ClN4O3. The number of likely N-dealkylation sites (tertiary alicyclic amines) is 1. The summed E-state index contributed by atoms with van der Waals surface area (Å²) < 4.78 is 0. The van der Waals surface area contributed by atoms with Crippen molar-refractivity contribution >= 4 is 23.6 Å². The highest BCUT2D eigenvalue weighted by Crippen LogP contribution is 2.38. The number of aromatic nitrogens is 2. The minimum atomic E-state index is -0.920. The Bertz CT molecular complexity index is 974. The number of rotatable bonds is 2. The second kappa shape index (κ2) is 7.63. The molecule has 0 aliphatic carbocycles. The van der Waals surface area contributed by atoms with Crippen LogP contribution in [0.1, 0.15) is 57.6 Å². The predicted molar refractivity (Wildman–Crippen MR) is 108 cm³/mol. The molecule has 1 unspecified atom stereocenters. The van der Waals surface area contributed by atoms with Gasteiger partial charge in [0.05, 0.1) is 6.04 Å². The van der Waals surface area contributed by atoms with E-state index in [2.05, 4.69) is 9.97 Å². The number of benzene rings is 1. The number of nitrogens with zero attached hydrogens (tertiary/aromatic N) is 4. The molecule has 3 heterocycles. The molecule has 0 radical (unpaired) electrons. The first kappa shape index (κ1) is 19.6. The summed E-state index contributed by atoms with van der Waals surface area (Å²) in [5.74, 6) is 0.438. The van der Waals surface area contributed by atoms with Gasteiger partial charge in [0, 0.05) is 30.4 Å². The molecule has 29 heavy (non-hydrogen) atoms. The number of hydrogen-bond acceptors (Lipinski definition) is 4. The Kier molecular flexibility index (Phi) is 5.17. The Morgan fingerprint density at radius 3 is 2.69 bits per heavy atom. The van der Waals surface area contributed by atoms with Crippen molar-refractivity contribution in [2.75, 3.05) is 13.1 Å². The summed E-state index contributed by atoms with van der Waals surface area (Å²) in [6.45, 7) is 5.13. The fraction of sp³-hybridized carbons (Fsp3) is 0.429. The maximum Gasteiger partial charge on any atom is 0.407 e. The van der Waals surface area contributed by atoms with Gasteiger partial charge in [-0.25, -0.2) is 14.8 Å². The predicted octanol–water partition coefficient (Wildman–Crippen LogP) is 3.76. The molecule has 0 bridgehead atoms. The van der Waals surface area contributed by atoms with Crippen LogP contribution in [0.25, 0.3) is 0 Å². The van der Waals surface area contributed by atoms with Gasteiger partial charge in [0.1, 0.15) is 11.5 Å². The van der Waals surface area contributed by atoms with Crippen molar-refractivity contribution in [3.63, 3.8) is 0 Å². The highest BCUT2D eigenvalue weighted by molar-refractivity contribution is 6.30. The highest BCUT2D eigenvalue weighted by Gasteiger charge is 2.34. The van der Waals surface area contributed by atoms with Gasteiger partial charge < -0.3 is 14.9 Å². The minimum absolute atomic E-state index is 0.133. The van der Waals surface area contributed by atoms with Gasteiger partial charge in [0.15, 0.2) is 0 Å². The van der Waals surface area contributed by atoms with Gasteiger partial charge >= 0.3 is 6.09 Å². The Morgan fingerprint density at radius 2 is 1.97 bits per heavy atom. The standard InChI is InChI=1S/C21H23ClN4O3/c1-12-8-18(24-13(2)23-12)20(27)25-7-5-14-9-15(22)10-16(17(14)11-25)19-4-3-6-26(19)21(28)29/h8-10,19H,3-7,11H2,1-2H3,(H,28,29). The summed E-state index contributed by atoms with van der Waals surface area (Å²) in [6, 6.07) is 5.27. The Hall–Kier alpha value is -2.67. The van der Waals surface area contributed by atoms with E-state index in [0.29, 0.717) is 42.6 Å². The molecule has 1 fully saturated rings. The fourth-order valence-corrected chi connectivity index (χ4v) is 4.68. The Labute approximate surface area is 174 Å². The SMILES string of the molecule is Cc1cc(C(=O)N2CCc3cc(Cl)cc(C4CCCN4C(=O)O)c3C2)nc(C)n1. The van der Waals surface area contributed by atoms with E-state index in [1.807, 2.05) is 19.1 Å². The van der Waals surface area contributed by atoms with E-state index in [9.17, 15) is 14.7 Å². The van der Waals surface area contributed by atoms with Crippen LogP contribution in [0.2, 0.25) is 5.02 Å². The lowest BCUT2D eigenvalue weighted by molar-refractivity contribution is 0.0726. The largest absolute Gasteiger partial charge is 0.465 e. The Morgan fingerprint density at radius 1 is 1.17 bits per heavy atom. The molecule has 0 spiro atoms. The van der Waals surface area contributed by atoms with Crippen LogP contribution < -0.4 is 0 Å². The van der Waals surface area contributed by atoms with E-state index in [1.54, 1.807) is 17.9 Å². The van der Waals surface area contributed by atoms with Crippen LogP contribution >= 0.6 is 11.6 Å². The molecule has 2 aliphatic rings. The lowest BCUT2D eigenvalue weighted by Gasteiger charge is -2.33. The average Bonchev–Trinajstić information content (AvgIpc) is 3.15. The quantitative estimate of drug-likeness (QED) is 0.808. The fourth-order valence-electron chi connectivity index (χ4n) is 4.44. The van der Waals surface area contributed by atoms with Crippen LogP contribution in [0.3, 0.4) is 0 Å². The zero-order valence-corrected chi connectivity index (χ0v) is 17.2. The number of carboxylic acid groups (broad SMARTS) is 1. The number of halogens is 1. The summed E-state index contributed by atoms with van der Waals surface area (Å²) in [5.41, 5.74) is 4.16. The monoisotopic (exact) mass is 414 g/mol. The van der Waals surface area contributed by atoms with Crippen LogP contribution in [-0.4, -0.2) is 50.0 Å². The van der Waals surface area contributed by atoms with E-state index in [-0.39, 0.29) is 11.9 Å². The molecule has 1 N–H and O–H groups in total. The van der Waals surface area contributed by atoms with Gasteiger partial charge in [-0.15, -0.1) is 0 Å². The molecule has 2 aromatic rings. The van der Waals surface area contributed by atoms with Crippen LogP contribution in [0.4, 0.5) is 4.79 Å². The average molecular weight is 415 g/mol. The second-order valence-corrected chi connectivity index (χ2v) is 8.12. The zero-order chi connectivity index (χ0) is 20.7. The second-order valence-electron chi connectivity index (χ2n) is 7.69. The van der Waals surface area contributed by atoms with Crippen molar-refractivity contribution in [2.24, 2.45) is 0 Å². The first-order chi connectivity index (χ1) is 13.8. The molecule has 0 saturated carbocycles. The highest BCUT2D eigenvalue weighted by atomic mass is 35.5. The summed E-state index contributed by atoms with van der Waals surface area (Å²) in [5, 5.41) is 10.2. The van der Waals surface area contributed by atoms with Crippen LogP contribution in [-0.2, 0) is 13.0 Å². The molecule has 2 amide bonds. The van der Waals surface area contributed by atoms with Gasteiger partial charge in [-0.2, -0.15) is 0 Å². The molecule has 1 aromatic carbocycles. The van der Waals surface area contributed by atoms with Crippen molar-refractivity contribution in [2.45, 2.75) is 45.7 Å². The van der Waals surface area contributed by atoms with Crippen molar-refractivity contribution < 1.29 is 14.7 Å². The van der Waals surface area contributed by atoms with Crippen molar-refractivity contribution in [1.29, 1.82) is 0 Å². The molecule has 8 heteroatoms. The molecule has 4 rings (SSSR count). The van der Waals surface area contributed by atoms with E-state index in [0.717, 1.165) is 35.2 Å². The zero-order valence-electron chi connectivity index (χ0n) is 16.5. The summed E-state index contributed by atoms with van der Waals surface area (Å²) in [6.07, 6.45) is 1.34. The summed E-state index contributed by atoms with van der Waals surface area (Å²) >= 11 is 6.35.